The summed E-state index contributed by atoms with van der Waals surface area (Å²) in [4.78, 5) is 40.9. The summed E-state index contributed by atoms with van der Waals surface area (Å²) in [5.74, 6) is 0.479. The molecular formula is C26H32N4O3. The number of nitrogens with one attached hydrogen (secondary N) is 1. The van der Waals surface area contributed by atoms with Crippen molar-refractivity contribution in [2.75, 3.05) is 26.2 Å². The van der Waals surface area contributed by atoms with Gasteiger partial charge in [-0.25, -0.2) is 0 Å². The number of hydrogen-bond acceptors (Lipinski definition) is 4. The van der Waals surface area contributed by atoms with E-state index in [2.05, 4.69) is 17.1 Å². The van der Waals surface area contributed by atoms with Gasteiger partial charge in [-0.2, -0.15) is 0 Å². The summed E-state index contributed by atoms with van der Waals surface area (Å²) in [5.41, 5.74) is 0.850. The molecule has 1 fully saturated rings. The third-order valence-corrected chi connectivity index (χ3v) is 6.34. The zero-order chi connectivity index (χ0) is 23.2. The maximum absolute atomic E-state index is 12.9. The molecule has 1 saturated heterocycles. The Hall–Kier alpha value is -3.19. The molecule has 3 aromatic rings. The number of carbonyl (C=O) groups excluding carboxylic acids is 1. The molecule has 0 unspecified atom stereocenters. The van der Waals surface area contributed by atoms with Crippen molar-refractivity contribution in [3.05, 3.63) is 80.9 Å². The lowest BCUT2D eigenvalue weighted by atomic mass is 10.0. The van der Waals surface area contributed by atoms with E-state index in [1.54, 1.807) is 6.07 Å². The summed E-state index contributed by atoms with van der Waals surface area (Å²) in [6.45, 7) is 6.18. The van der Waals surface area contributed by atoms with Crippen LogP contribution >= 0.6 is 0 Å². The van der Waals surface area contributed by atoms with E-state index in [4.69, 9.17) is 0 Å². The largest absolute Gasteiger partial charge is 0.355 e. The number of fused-ring (bicyclic) bond motifs is 1. The number of carbonyl (C=O) groups is 1. The highest BCUT2D eigenvalue weighted by atomic mass is 16.2. The summed E-state index contributed by atoms with van der Waals surface area (Å²) in [5, 5.41) is 2.91. The van der Waals surface area contributed by atoms with Gasteiger partial charge in [0.2, 0.25) is 5.91 Å². The molecule has 0 bridgehead atoms. The van der Waals surface area contributed by atoms with Gasteiger partial charge in [-0.05, 0) is 56.0 Å². The first-order valence-electron chi connectivity index (χ1n) is 11.8. The molecule has 0 radical (unpaired) electrons. The number of aromatic nitrogens is 2. The van der Waals surface area contributed by atoms with Crippen LogP contribution in [0.25, 0.3) is 11.0 Å². The van der Waals surface area contributed by atoms with Crippen LogP contribution in [0.5, 0.6) is 0 Å². The molecule has 4 rings (SSSR count). The zero-order valence-electron chi connectivity index (χ0n) is 19.2. The molecule has 174 valence electrons. The molecular weight excluding hydrogens is 416 g/mol. The van der Waals surface area contributed by atoms with Gasteiger partial charge in [0, 0.05) is 13.1 Å². The van der Waals surface area contributed by atoms with Crippen molar-refractivity contribution in [1.29, 1.82) is 0 Å². The Labute approximate surface area is 193 Å². The smallest absolute Gasteiger partial charge is 0.317 e. The molecule has 1 aromatic heterocycles. The van der Waals surface area contributed by atoms with E-state index >= 15 is 0 Å². The van der Waals surface area contributed by atoms with Crippen LogP contribution in [-0.2, 0) is 17.9 Å². The van der Waals surface area contributed by atoms with Gasteiger partial charge in [0.1, 0.15) is 6.54 Å². The summed E-state index contributed by atoms with van der Waals surface area (Å²) < 4.78 is 2.78. The topological polar surface area (TPSA) is 76.3 Å². The number of rotatable bonds is 8. The van der Waals surface area contributed by atoms with Crippen molar-refractivity contribution >= 4 is 16.9 Å². The van der Waals surface area contributed by atoms with E-state index < -0.39 is 11.1 Å². The SMILES string of the molecule is C[C@H]1CCCN(CCCNC(=O)Cn2c(=O)c(=O)n(Cc3ccccc3)c3ccccc32)C1. The first-order chi connectivity index (χ1) is 16.0. The van der Waals surface area contributed by atoms with Crippen molar-refractivity contribution in [2.45, 2.75) is 39.3 Å². The third kappa shape index (κ3) is 5.60. The van der Waals surface area contributed by atoms with Crippen LogP contribution in [0.2, 0.25) is 0 Å². The monoisotopic (exact) mass is 448 g/mol. The minimum absolute atomic E-state index is 0.165. The quantitative estimate of drug-likeness (QED) is 0.424. The second-order valence-corrected chi connectivity index (χ2v) is 9.01. The number of likely N-dealkylation sites (tertiary alicyclic amines) is 1. The van der Waals surface area contributed by atoms with Crippen LogP contribution in [0.1, 0.15) is 31.7 Å². The minimum Gasteiger partial charge on any atom is -0.355 e. The highest BCUT2D eigenvalue weighted by Gasteiger charge is 2.17. The average Bonchev–Trinajstić information content (AvgIpc) is 2.83. The van der Waals surface area contributed by atoms with Gasteiger partial charge in [0.05, 0.1) is 17.6 Å². The summed E-state index contributed by atoms with van der Waals surface area (Å²) in [6.07, 6.45) is 3.40. The number of para-hydroxylation sites is 2. The first-order valence-corrected chi connectivity index (χ1v) is 11.8. The van der Waals surface area contributed by atoms with Gasteiger partial charge in [-0.15, -0.1) is 0 Å². The lowest BCUT2D eigenvalue weighted by molar-refractivity contribution is -0.121. The van der Waals surface area contributed by atoms with Crippen LogP contribution in [0.15, 0.2) is 64.2 Å². The number of benzene rings is 2. The minimum atomic E-state index is -0.679. The molecule has 7 heteroatoms. The lowest BCUT2D eigenvalue weighted by Crippen LogP contribution is -2.44. The fourth-order valence-corrected chi connectivity index (χ4v) is 4.67. The fourth-order valence-electron chi connectivity index (χ4n) is 4.67. The Morgan fingerprint density at radius 2 is 1.64 bits per heavy atom. The summed E-state index contributed by atoms with van der Waals surface area (Å²) in [7, 11) is 0. The molecule has 7 nitrogen and oxygen atoms in total. The number of amides is 1. The Morgan fingerprint density at radius 1 is 0.970 bits per heavy atom. The number of nitrogens with zero attached hydrogens (tertiary/aromatic N) is 3. The van der Waals surface area contributed by atoms with E-state index in [1.165, 1.54) is 22.0 Å². The Balaban J connectivity index is 1.46. The van der Waals surface area contributed by atoms with Crippen LogP contribution in [0.3, 0.4) is 0 Å². The van der Waals surface area contributed by atoms with E-state index in [1.807, 2.05) is 48.5 Å². The molecule has 1 aliphatic rings. The van der Waals surface area contributed by atoms with Crippen molar-refractivity contribution in [3.8, 4) is 0 Å². The molecule has 2 aromatic carbocycles. The molecule has 0 saturated carbocycles. The van der Waals surface area contributed by atoms with Crippen molar-refractivity contribution in [3.63, 3.8) is 0 Å². The van der Waals surface area contributed by atoms with Gasteiger partial charge in [0.25, 0.3) is 0 Å². The summed E-state index contributed by atoms with van der Waals surface area (Å²) >= 11 is 0. The second-order valence-electron chi connectivity index (χ2n) is 9.01. The molecule has 1 atom stereocenters. The lowest BCUT2D eigenvalue weighted by Gasteiger charge is -2.30. The molecule has 1 N–H and O–H groups in total. The van der Waals surface area contributed by atoms with Gasteiger partial charge >= 0.3 is 11.1 Å². The zero-order valence-corrected chi connectivity index (χ0v) is 19.2. The second kappa shape index (κ2) is 10.6. The first kappa shape index (κ1) is 23.0. The number of piperidine rings is 1. The van der Waals surface area contributed by atoms with E-state index in [0.29, 0.717) is 24.1 Å². The standard InChI is InChI=1S/C26H32N4O3/c1-20-9-7-15-28(17-20)16-8-14-27-24(31)19-30-23-13-6-5-12-22(23)29(25(32)26(30)33)18-21-10-3-2-4-11-21/h2-6,10-13,20H,7-9,14-19H2,1H3,(H,27,31)/t20-/m0/s1. The predicted octanol–water partition coefficient (Wildman–Crippen LogP) is 2.45. The molecule has 0 aliphatic carbocycles. The van der Waals surface area contributed by atoms with Crippen molar-refractivity contribution in [1.82, 2.24) is 19.4 Å². The molecule has 1 aliphatic heterocycles. The van der Waals surface area contributed by atoms with Crippen molar-refractivity contribution in [2.24, 2.45) is 5.92 Å². The molecule has 0 spiro atoms. The van der Waals surface area contributed by atoms with Crippen molar-refractivity contribution < 1.29 is 4.79 Å². The van der Waals surface area contributed by atoms with E-state index in [0.717, 1.165) is 37.5 Å². The maximum Gasteiger partial charge on any atom is 0.317 e. The van der Waals surface area contributed by atoms with Crippen LogP contribution in [0, 0.1) is 5.92 Å². The highest BCUT2D eigenvalue weighted by molar-refractivity contribution is 5.80. The van der Waals surface area contributed by atoms with Gasteiger partial charge in [-0.3, -0.25) is 23.5 Å². The van der Waals surface area contributed by atoms with Gasteiger partial charge in [0.15, 0.2) is 0 Å². The van der Waals surface area contributed by atoms with Gasteiger partial charge in [-0.1, -0.05) is 49.4 Å². The van der Waals surface area contributed by atoms with Crippen LogP contribution in [0.4, 0.5) is 0 Å². The predicted molar refractivity (Wildman–Crippen MR) is 130 cm³/mol. The Kier molecular flexibility index (Phi) is 7.40. The molecule has 2 heterocycles. The maximum atomic E-state index is 12.9. The fraction of sp³-hybridized carbons (Fsp3) is 0.423. The molecule has 33 heavy (non-hydrogen) atoms. The number of hydrogen-bond donors (Lipinski definition) is 1. The Bertz CT molecular complexity index is 1220. The van der Waals surface area contributed by atoms with Crippen LogP contribution in [-0.4, -0.2) is 46.1 Å². The normalized spacial score (nSPS) is 16.7. The highest BCUT2D eigenvalue weighted by Crippen LogP contribution is 2.15. The average molecular weight is 449 g/mol. The van der Waals surface area contributed by atoms with E-state index in [9.17, 15) is 14.4 Å². The Morgan fingerprint density at radius 3 is 2.36 bits per heavy atom. The van der Waals surface area contributed by atoms with Crippen LogP contribution < -0.4 is 16.4 Å². The molecule has 1 amide bonds. The van der Waals surface area contributed by atoms with E-state index in [-0.39, 0.29) is 12.5 Å². The summed E-state index contributed by atoms with van der Waals surface area (Å²) in [6, 6.07) is 16.8. The van der Waals surface area contributed by atoms with Gasteiger partial charge < -0.3 is 10.2 Å². The third-order valence-electron chi connectivity index (χ3n) is 6.34.